The van der Waals surface area contributed by atoms with E-state index in [9.17, 15) is 4.79 Å². The van der Waals surface area contributed by atoms with Gasteiger partial charge >= 0.3 is 0 Å². The Hall–Kier alpha value is -2.70. The van der Waals surface area contributed by atoms with E-state index in [1.165, 1.54) is 0 Å². The molecule has 1 heterocycles. The second kappa shape index (κ2) is 10.4. The van der Waals surface area contributed by atoms with Crippen LogP contribution in [0.25, 0.3) is 0 Å². The van der Waals surface area contributed by atoms with Gasteiger partial charge in [0, 0.05) is 27.4 Å². The molecule has 0 aliphatic heterocycles. The molecule has 0 unspecified atom stereocenters. The minimum absolute atomic E-state index is 0.127. The van der Waals surface area contributed by atoms with Gasteiger partial charge in [-0.2, -0.15) is 0 Å². The number of methoxy groups -OCH3 is 1. The van der Waals surface area contributed by atoms with Crippen LogP contribution >= 0.6 is 23.4 Å². The second-order valence-corrected chi connectivity index (χ2v) is 8.21. The van der Waals surface area contributed by atoms with Crippen molar-refractivity contribution >= 4 is 35.0 Å². The van der Waals surface area contributed by atoms with Crippen LogP contribution < -0.4 is 14.8 Å². The minimum atomic E-state index is -0.236. The summed E-state index contributed by atoms with van der Waals surface area (Å²) in [5.74, 6) is 1.38. The standard InChI is InChI=1S/C23H23ClN2O3S/c1-15-4-5-16(2)20(10-15)26-23(27)13-29-21-11-18(25-12-22(21)28-3)14-30-19-8-6-17(24)7-9-19/h4-12H,13-14H2,1-3H3,(H,26,27). The van der Waals surface area contributed by atoms with Gasteiger partial charge in [0.1, 0.15) is 0 Å². The van der Waals surface area contributed by atoms with Gasteiger partial charge in [0.25, 0.3) is 5.91 Å². The lowest BCUT2D eigenvalue weighted by Gasteiger charge is -2.13. The van der Waals surface area contributed by atoms with Crippen LogP contribution in [0.5, 0.6) is 11.5 Å². The number of aromatic nitrogens is 1. The quantitative estimate of drug-likeness (QED) is 0.455. The highest BCUT2D eigenvalue weighted by Gasteiger charge is 2.11. The topological polar surface area (TPSA) is 60.5 Å². The van der Waals surface area contributed by atoms with Gasteiger partial charge in [-0.25, -0.2) is 0 Å². The average molecular weight is 443 g/mol. The van der Waals surface area contributed by atoms with E-state index >= 15 is 0 Å². The first-order valence-corrected chi connectivity index (χ1v) is 10.7. The first-order chi connectivity index (χ1) is 14.4. The van der Waals surface area contributed by atoms with Crippen molar-refractivity contribution in [3.63, 3.8) is 0 Å². The number of amides is 1. The van der Waals surface area contributed by atoms with Crippen LogP contribution in [-0.4, -0.2) is 24.6 Å². The minimum Gasteiger partial charge on any atom is -0.491 e. The summed E-state index contributed by atoms with van der Waals surface area (Å²) in [6, 6.07) is 15.4. The first-order valence-electron chi connectivity index (χ1n) is 9.36. The number of nitrogens with one attached hydrogen (secondary N) is 1. The Morgan fingerprint density at radius 1 is 1.10 bits per heavy atom. The van der Waals surface area contributed by atoms with Gasteiger partial charge in [-0.05, 0) is 55.3 Å². The zero-order valence-electron chi connectivity index (χ0n) is 17.1. The van der Waals surface area contributed by atoms with Crippen LogP contribution in [0.2, 0.25) is 5.02 Å². The summed E-state index contributed by atoms with van der Waals surface area (Å²) in [6.45, 7) is 3.81. The number of hydrogen-bond donors (Lipinski definition) is 1. The monoisotopic (exact) mass is 442 g/mol. The zero-order valence-corrected chi connectivity index (χ0v) is 18.6. The molecule has 2 aromatic carbocycles. The fourth-order valence-corrected chi connectivity index (χ4v) is 3.63. The normalized spacial score (nSPS) is 10.5. The van der Waals surface area contributed by atoms with Gasteiger partial charge in [-0.3, -0.25) is 9.78 Å². The number of aryl methyl sites for hydroxylation is 2. The fourth-order valence-electron chi connectivity index (χ4n) is 2.70. The van der Waals surface area contributed by atoms with Crippen LogP contribution in [0.4, 0.5) is 5.69 Å². The number of halogens is 1. The van der Waals surface area contributed by atoms with E-state index in [0.717, 1.165) is 27.4 Å². The van der Waals surface area contributed by atoms with Gasteiger partial charge < -0.3 is 14.8 Å². The number of anilines is 1. The predicted octanol–water partition coefficient (Wildman–Crippen LogP) is 5.67. The molecule has 0 atom stereocenters. The summed E-state index contributed by atoms with van der Waals surface area (Å²) in [4.78, 5) is 17.9. The van der Waals surface area contributed by atoms with Crippen molar-refractivity contribution in [2.24, 2.45) is 0 Å². The van der Waals surface area contributed by atoms with Crippen molar-refractivity contribution in [1.82, 2.24) is 4.98 Å². The molecule has 0 aliphatic carbocycles. The van der Waals surface area contributed by atoms with E-state index in [2.05, 4.69) is 10.3 Å². The summed E-state index contributed by atoms with van der Waals surface area (Å²) < 4.78 is 11.1. The lowest BCUT2D eigenvalue weighted by atomic mass is 10.1. The van der Waals surface area contributed by atoms with E-state index in [-0.39, 0.29) is 12.5 Å². The summed E-state index contributed by atoms with van der Waals surface area (Å²) in [6.07, 6.45) is 1.61. The summed E-state index contributed by atoms with van der Waals surface area (Å²) >= 11 is 7.56. The van der Waals surface area contributed by atoms with Crippen molar-refractivity contribution in [3.05, 3.63) is 76.6 Å². The molecular formula is C23H23ClN2O3S. The molecule has 0 fully saturated rings. The average Bonchev–Trinajstić information content (AvgIpc) is 2.74. The third-order valence-corrected chi connectivity index (χ3v) is 5.63. The predicted molar refractivity (Wildman–Crippen MR) is 122 cm³/mol. The molecule has 3 aromatic rings. The lowest BCUT2D eigenvalue weighted by Crippen LogP contribution is -2.21. The molecule has 156 valence electrons. The molecule has 5 nitrogen and oxygen atoms in total. The maximum atomic E-state index is 12.4. The largest absolute Gasteiger partial charge is 0.491 e. The number of pyridine rings is 1. The molecule has 7 heteroatoms. The number of benzene rings is 2. The first kappa shape index (κ1) is 22.0. The molecule has 0 spiro atoms. The van der Waals surface area contributed by atoms with Crippen LogP contribution in [0, 0.1) is 13.8 Å². The Bertz CT molecular complexity index is 1030. The molecule has 1 N–H and O–H groups in total. The van der Waals surface area contributed by atoms with Crippen LogP contribution in [0.15, 0.2) is 59.6 Å². The van der Waals surface area contributed by atoms with E-state index in [1.807, 2.05) is 56.3 Å². The number of rotatable bonds is 8. The number of hydrogen-bond acceptors (Lipinski definition) is 5. The number of thioether (sulfide) groups is 1. The molecular weight excluding hydrogens is 420 g/mol. The smallest absolute Gasteiger partial charge is 0.262 e. The highest BCUT2D eigenvalue weighted by molar-refractivity contribution is 7.98. The maximum Gasteiger partial charge on any atom is 0.262 e. The molecule has 0 bridgehead atoms. The zero-order chi connectivity index (χ0) is 21.5. The number of ether oxygens (including phenoxy) is 2. The Kier molecular flexibility index (Phi) is 7.60. The van der Waals surface area contributed by atoms with Crippen LogP contribution in [0.1, 0.15) is 16.8 Å². The molecule has 1 amide bonds. The Morgan fingerprint density at radius 2 is 1.87 bits per heavy atom. The molecule has 0 aliphatic rings. The molecule has 0 saturated carbocycles. The Labute approximate surface area is 185 Å². The Morgan fingerprint density at radius 3 is 2.60 bits per heavy atom. The summed E-state index contributed by atoms with van der Waals surface area (Å²) in [5, 5.41) is 3.59. The molecule has 0 saturated heterocycles. The van der Waals surface area contributed by atoms with Crippen molar-refractivity contribution in [3.8, 4) is 11.5 Å². The van der Waals surface area contributed by atoms with Gasteiger partial charge in [0.15, 0.2) is 18.1 Å². The third kappa shape index (κ3) is 6.15. The third-order valence-electron chi connectivity index (χ3n) is 4.33. The van der Waals surface area contributed by atoms with E-state index < -0.39 is 0 Å². The maximum absolute atomic E-state index is 12.4. The molecule has 3 rings (SSSR count). The van der Waals surface area contributed by atoms with E-state index in [1.54, 1.807) is 31.1 Å². The van der Waals surface area contributed by atoms with Gasteiger partial charge in [-0.1, -0.05) is 23.7 Å². The highest BCUT2D eigenvalue weighted by atomic mass is 35.5. The number of carbonyl (C=O) groups excluding carboxylic acids is 1. The fraction of sp³-hybridized carbons (Fsp3) is 0.217. The van der Waals surface area contributed by atoms with Gasteiger partial charge in [-0.15, -0.1) is 11.8 Å². The molecule has 30 heavy (non-hydrogen) atoms. The molecule has 0 radical (unpaired) electrons. The van der Waals surface area contributed by atoms with E-state index in [0.29, 0.717) is 22.3 Å². The van der Waals surface area contributed by atoms with Crippen LogP contribution in [-0.2, 0) is 10.5 Å². The Balaban J connectivity index is 1.62. The van der Waals surface area contributed by atoms with E-state index in [4.69, 9.17) is 21.1 Å². The van der Waals surface area contributed by atoms with Gasteiger partial charge in [0.2, 0.25) is 0 Å². The summed E-state index contributed by atoms with van der Waals surface area (Å²) in [5.41, 5.74) is 3.68. The van der Waals surface area contributed by atoms with Crippen LogP contribution in [0.3, 0.4) is 0 Å². The highest BCUT2D eigenvalue weighted by Crippen LogP contribution is 2.30. The molecule has 1 aromatic heterocycles. The van der Waals surface area contributed by atoms with Crippen molar-refractivity contribution < 1.29 is 14.3 Å². The number of nitrogens with zero attached hydrogens (tertiary/aromatic N) is 1. The van der Waals surface area contributed by atoms with Crippen molar-refractivity contribution in [2.75, 3.05) is 19.0 Å². The van der Waals surface area contributed by atoms with Crippen molar-refractivity contribution in [1.29, 1.82) is 0 Å². The number of carbonyl (C=O) groups is 1. The second-order valence-electron chi connectivity index (χ2n) is 6.72. The lowest BCUT2D eigenvalue weighted by molar-refractivity contribution is -0.118. The van der Waals surface area contributed by atoms with Crippen molar-refractivity contribution in [2.45, 2.75) is 24.5 Å². The summed E-state index contributed by atoms with van der Waals surface area (Å²) in [7, 11) is 1.54. The SMILES string of the molecule is COc1cnc(CSc2ccc(Cl)cc2)cc1OCC(=O)Nc1cc(C)ccc1C. The van der Waals surface area contributed by atoms with Gasteiger partial charge in [0.05, 0.1) is 19.0 Å².